The molecule has 0 bridgehead atoms. The third kappa shape index (κ3) is 2.95. The average molecular weight is 460 g/mol. The summed E-state index contributed by atoms with van der Waals surface area (Å²) < 4.78 is 12.3. The van der Waals surface area contributed by atoms with Crippen molar-refractivity contribution in [3.63, 3.8) is 0 Å². The van der Waals surface area contributed by atoms with Crippen molar-refractivity contribution in [2.45, 2.75) is 24.3 Å². The molecule has 0 saturated heterocycles. The summed E-state index contributed by atoms with van der Waals surface area (Å²) in [6.07, 6.45) is 2.52. The molecule has 174 valence electrons. The lowest BCUT2D eigenvalue weighted by Gasteiger charge is -2.10. The monoisotopic (exact) mass is 460 g/mol. The van der Waals surface area contributed by atoms with E-state index < -0.39 is 5.41 Å². The van der Waals surface area contributed by atoms with E-state index in [1.807, 2.05) is 24.3 Å². The SMILES string of the molecule is COc1ccc2c(c1)[C@]1(C[C@H]1c1ccc3c(Nc4cn(CCO)nc4OC)n[nH]c3c1)C(=O)N2. The molecule has 1 fully saturated rings. The minimum Gasteiger partial charge on any atom is -0.497 e. The van der Waals surface area contributed by atoms with Crippen LogP contribution in [0.4, 0.5) is 17.2 Å². The number of aromatic nitrogens is 4. The van der Waals surface area contributed by atoms with Crippen LogP contribution in [-0.2, 0) is 16.8 Å². The highest BCUT2D eigenvalue weighted by atomic mass is 16.5. The number of ether oxygens (including phenoxy) is 2. The summed E-state index contributed by atoms with van der Waals surface area (Å²) in [4.78, 5) is 13.0. The Kier molecular flexibility index (Phi) is 4.53. The number of rotatable bonds is 7. The number of hydrogen-bond acceptors (Lipinski definition) is 7. The summed E-state index contributed by atoms with van der Waals surface area (Å²) in [5.41, 5.74) is 3.92. The molecule has 1 aliphatic heterocycles. The molecule has 34 heavy (non-hydrogen) atoms. The molecule has 1 spiro atoms. The molecule has 3 heterocycles. The van der Waals surface area contributed by atoms with Gasteiger partial charge in [0.25, 0.3) is 5.88 Å². The fourth-order valence-corrected chi connectivity index (χ4v) is 5.03. The van der Waals surface area contributed by atoms with E-state index in [0.717, 1.165) is 39.9 Å². The molecule has 4 aromatic rings. The Morgan fingerprint density at radius 1 is 1.24 bits per heavy atom. The number of amides is 1. The number of aliphatic hydroxyl groups excluding tert-OH is 1. The van der Waals surface area contributed by atoms with Crippen molar-refractivity contribution >= 4 is 34.0 Å². The molecule has 1 saturated carbocycles. The number of hydrogen-bond donors (Lipinski definition) is 4. The van der Waals surface area contributed by atoms with Gasteiger partial charge in [0.15, 0.2) is 5.82 Å². The van der Waals surface area contributed by atoms with Crippen LogP contribution >= 0.6 is 0 Å². The molecule has 2 aliphatic rings. The van der Waals surface area contributed by atoms with Gasteiger partial charge in [-0.2, -0.15) is 5.10 Å². The molecule has 2 atom stereocenters. The number of nitrogens with zero attached hydrogens (tertiary/aromatic N) is 3. The van der Waals surface area contributed by atoms with Gasteiger partial charge in [-0.05, 0) is 47.9 Å². The van der Waals surface area contributed by atoms with Crippen LogP contribution in [0.3, 0.4) is 0 Å². The summed E-state index contributed by atoms with van der Waals surface area (Å²) in [7, 11) is 3.18. The van der Waals surface area contributed by atoms with Gasteiger partial charge in [0.2, 0.25) is 5.91 Å². The summed E-state index contributed by atoms with van der Waals surface area (Å²) in [6.45, 7) is 0.352. The van der Waals surface area contributed by atoms with E-state index in [2.05, 4.69) is 38.1 Å². The molecule has 2 aromatic carbocycles. The normalized spacial score (nSPS) is 20.4. The standard InChI is InChI=1S/C24H24N6O4/c1-33-14-4-6-18-16(10-14)24(23(32)26-18)11-17(24)13-3-5-15-19(9-13)27-28-21(15)25-20-12-30(7-8-31)29-22(20)34-2/h3-6,9-10,12,17,31H,7-8,11H2,1-2H3,(H,26,32)(H2,25,27,28)/t17-,24-/m0/s1. The summed E-state index contributed by atoms with van der Waals surface area (Å²) >= 11 is 0. The molecular formula is C24H24N6O4. The largest absolute Gasteiger partial charge is 0.497 e. The minimum atomic E-state index is -0.548. The second-order valence-electron chi connectivity index (χ2n) is 8.63. The quantitative estimate of drug-likeness (QED) is 0.334. The number of carbonyl (C=O) groups excluding carboxylic acids is 1. The highest BCUT2D eigenvalue weighted by Crippen LogP contribution is 2.65. The number of carbonyl (C=O) groups is 1. The van der Waals surface area contributed by atoms with Crippen LogP contribution in [0.2, 0.25) is 0 Å². The van der Waals surface area contributed by atoms with Gasteiger partial charge in [0.05, 0.1) is 44.5 Å². The van der Waals surface area contributed by atoms with Gasteiger partial charge in [0.1, 0.15) is 11.4 Å². The first-order chi connectivity index (χ1) is 16.6. The Morgan fingerprint density at radius 2 is 2.12 bits per heavy atom. The molecule has 4 N–H and O–H groups in total. The molecule has 0 radical (unpaired) electrons. The van der Waals surface area contributed by atoms with Crippen molar-refractivity contribution in [3.05, 3.63) is 53.7 Å². The molecule has 1 amide bonds. The lowest BCUT2D eigenvalue weighted by atomic mass is 9.91. The van der Waals surface area contributed by atoms with E-state index in [1.165, 1.54) is 0 Å². The molecule has 1 aliphatic carbocycles. The number of nitrogens with one attached hydrogen (secondary N) is 3. The van der Waals surface area contributed by atoms with Crippen molar-refractivity contribution in [2.24, 2.45) is 0 Å². The summed E-state index contributed by atoms with van der Waals surface area (Å²) in [5, 5.41) is 28.2. The molecule has 2 aromatic heterocycles. The van der Waals surface area contributed by atoms with Crippen LogP contribution in [-0.4, -0.2) is 51.8 Å². The van der Waals surface area contributed by atoms with Crippen molar-refractivity contribution in [1.82, 2.24) is 20.0 Å². The third-order valence-electron chi connectivity index (χ3n) is 6.81. The molecule has 6 rings (SSSR count). The average Bonchev–Trinajstić information content (AvgIpc) is 3.16. The number of aromatic amines is 1. The van der Waals surface area contributed by atoms with E-state index in [9.17, 15) is 4.79 Å². The van der Waals surface area contributed by atoms with Crippen LogP contribution in [0.5, 0.6) is 11.6 Å². The van der Waals surface area contributed by atoms with Gasteiger partial charge in [-0.25, -0.2) is 0 Å². The maximum Gasteiger partial charge on any atom is 0.256 e. The van der Waals surface area contributed by atoms with Crippen LogP contribution < -0.4 is 20.1 Å². The maximum atomic E-state index is 13.0. The van der Waals surface area contributed by atoms with Gasteiger partial charge in [-0.15, -0.1) is 5.10 Å². The summed E-state index contributed by atoms with van der Waals surface area (Å²) in [5.74, 6) is 1.93. The Labute approximate surface area is 194 Å². The highest BCUT2D eigenvalue weighted by molar-refractivity contribution is 6.10. The predicted molar refractivity (Wildman–Crippen MR) is 126 cm³/mol. The zero-order chi connectivity index (χ0) is 23.4. The number of methoxy groups -OCH3 is 2. The van der Waals surface area contributed by atoms with Crippen molar-refractivity contribution in [3.8, 4) is 11.6 Å². The molecule has 10 nitrogen and oxygen atoms in total. The Morgan fingerprint density at radius 3 is 2.91 bits per heavy atom. The fraction of sp³-hybridized carbons (Fsp3) is 0.292. The number of aliphatic hydroxyl groups is 1. The Bertz CT molecular complexity index is 1430. The van der Waals surface area contributed by atoms with Crippen LogP contribution in [0, 0.1) is 0 Å². The fourth-order valence-electron chi connectivity index (χ4n) is 5.03. The topological polar surface area (TPSA) is 126 Å². The third-order valence-corrected chi connectivity index (χ3v) is 6.81. The first kappa shape index (κ1) is 20.5. The second kappa shape index (κ2) is 7.49. The van der Waals surface area contributed by atoms with E-state index in [-0.39, 0.29) is 18.4 Å². The van der Waals surface area contributed by atoms with Gasteiger partial charge in [-0.1, -0.05) is 6.07 Å². The molecule has 10 heteroatoms. The van der Waals surface area contributed by atoms with E-state index in [0.29, 0.717) is 23.9 Å². The van der Waals surface area contributed by atoms with E-state index in [4.69, 9.17) is 14.6 Å². The zero-order valence-corrected chi connectivity index (χ0v) is 18.8. The first-order valence-corrected chi connectivity index (χ1v) is 11.0. The van der Waals surface area contributed by atoms with Gasteiger partial charge in [0, 0.05) is 17.0 Å². The van der Waals surface area contributed by atoms with Crippen LogP contribution in [0.1, 0.15) is 23.5 Å². The second-order valence-corrected chi connectivity index (χ2v) is 8.63. The Balaban J connectivity index is 1.30. The van der Waals surface area contributed by atoms with Crippen molar-refractivity contribution in [1.29, 1.82) is 0 Å². The molecule has 0 unspecified atom stereocenters. The number of fused-ring (bicyclic) bond motifs is 3. The van der Waals surface area contributed by atoms with Gasteiger partial charge < -0.3 is 25.2 Å². The van der Waals surface area contributed by atoms with E-state index >= 15 is 0 Å². The lowest BCUT2D eigenvalue weighted by molar-refractivity contribution is -0.118. The van der Waals surface area contributed by atoms with E-state index in [1.54, 1.807) is 25.1 Å². The minimum absolute atomic E-state index is 0.0175. The summed E-state index contributed by atoms with van der Waals surface area (Å²) in [6, 6.07) is 11.9. The Hall–Kier alpha value is -4.05. The van der Waals surface area contributed by atoms with Crippen molar-refractivity contribution in [2.75, 3.05) is 31.5 Å². The zero-order valence-electron chi connectivity index (χ0n) is 18.8. The van der Waals surface area contributed by atoms with Gasteiger partial charge in [-0.3, -0.25) is 14.6 Å². The molecular weight excluding hydrogens is 436 g/mol. The van der Waals surface area contributed by atoms with Gasteiger partial charge >= 0.3 is 0 Å². The number of anilines is 3. The number of H-pyrrole nitrogens is 1. The van der Waals surface area contributed by atoms with Crippen LogP contribution in [0.25, 0.3) is 10.9 Å². The first-order valence-electron chi connectivity index (χ1n) is 11.0. The van der Waals surface area contributed by atoms with Crippen molar-refractivity contribution < 1.29 is 19.4 Å². The smallest absolute Gasteiger partial charge is 0.256 e. The maximum absolute atomic E-state index is 13.0. The number of benzene rings is 2. The van der Waals surface area contributed by atoms with Crippen LogP contribution in [0.15, 0.2) is 42.6 Å². The predicted octanol–water partition coefficient (Wildman–Crippen LogP) is 2.89. The lowest BCUT2D eigenvalue weighted by Crippen LogP contribution is -2.21. The highest BCUT2D eigenvalue weighted by Gasteiger charge is 2.65.